The average molecular weight is 431 g/mol. The van der Waals surface area contributed by atoms with E-state index >= 15 is 0 Å². The highest BCUT2D eigenvalue weighted by molar-refractivity contribution is 5.94. The fourth-order valence-electron chi connectivity index (χ4n) is 2.91. The second-order valence-electron chi connectivity index (χ2n) is 7.57. The van der Waals surface area contributed by atoms with E-state index in [0.29, 0.717) is 24.2 Å². The van der Waals surface area contributed by atoms with Crippen LogP contribution in [0.2, 0.25) is 0 Å². The van der Waals surface area contributed by atoms with Crippen molar-refractivity contribution < 1.29 is 9.59 Å². The molecule has 2 rings (SSSR count). The summed E-state index contributed by atoms with van der Waals surface area (Å²) in [5.74, 6) is -0.0478. The van der Waals surface area contributed by atoms with Gasteiger partial charge in [0.15, 0.2) is 0 Å². The van der Waals surface area contributed by atoms with Gasteiger partial charge in [-0.05, 0) is 48.2 Å². The molecular formula is C28H34N2O2. The highest BCUT2D eigenvalue weighted by Crippen LogP contribution is 2.08. The number of carbonyl (C=O) groups is 2. The Morgan fingerprint density at radius 2 is 1.00 bits per heavy atom. The van der Waals surface area contributed by atoms with Gasteiger partial charge in [0.2, 0.25) is 0 Å². The minimum Gasteiger partial charge on any atom is -0.352 e. The first-order chi connectivity index (χ1) is 15.6. The Kier molecular flexibility index (Phi) is 11.3. The van der Waals surface area contributed by atoms with Crippen LogP contribution in [0.5, 0.6) is 0 Å². The molecule has 0 aliphatic heterocycles. The third-order valence-electron chi connectivity index (χ3n) is 4.89. The predicted octanol–water partition coefficient (Wildman–Crippen LogP) is 6.03. The summed E-state index contributed by atoms with van der Waals surface area (Å²) in [4.78, 5) is 24.0. The SMILES string of the molecule is CCCCNC(=O)c1ccc(/C=C/C=C/C=C/c2ccc(C(=O)NCCCC)cc2)cc1. The van der Waals surface area contributed by atoms with E-state index in [0.717, 1.165) is 36.8 Å². The molecule has 0 saturated heterocycles. The largest absolute Gasteiger partial charge is 0.352 e. The lowest BCUT2D eigenvalue weighted by molar-refractivity contribution is 0.0945. The number of rotatable bonds is 12. The van der Waals surface area contributed by atoms with E-state index in [1.54, 1.807) is 0 Å². The van der Waals surface area contributed by atoms with Crippen LogP contribution in [0.25, 0.3) is 12.2 Å². The van der Waals surface area contributed by atoms with E-state index in [1.165, 1.54) is 0 Å². The smallest absolute Gasteiger partial charge is 0.251 e. The first-order valence-electron chi connectivity index (χ1n) is 11.4. The lowest BCUT2D eigenvalue weighted by Crippen LogP contribution is -2.24. The zero-order valence-corrected chi connectivity index (χ0v) is 19.1. The lowest BCUT2D eigenvalue weighted by Gasteiger charge is -2.04. The molecule has 0 spiro atoms. The molecule has 4 heteroatoms. The van der Waals surface area contributed by atoms with Gasteiger partial charge in [0.1, 0.15) is 0 Å². The van der Waals surface area contributed by atoms with Crippen LogP contribution in [-0.2, 0) is 0 Å². The van der Waals surface area contributed by atoms with Crippen molar-refractivity contribution >= 4 is 24.0 Å². The van der Waals surface area contributed by atoms with Crippen LogP contribution in [0.4, 0.5) is 0 Å². The summed E-state index contributed by atoms with van der Waals surface area (Å²) >= 11 is 0. The second kappa shape index (κ2) is 14.6. The van der Waals surface area contributed by atoms with Crippen molar-refractivity contribution in [1.29, 1.82) is 0 Å². The molecule has 0 aliphatic rings. The Morgan fingerprint density at radius 3 is 1.34 bits per heavy atom. The van der Waals surface area contributed by atoms with Crippen LogP contribution in [0.1, 0.15) is 71.4 Å². The van der Waals surface area contributed by atoms with E-state index in [1.807, 2.05) is 85.0 Å². The Hall–Kier alpha value is -3.40. The molecule has 0 saturated carbocycles. The molecule has 168 valence electrons. The van der Waals surface area contributed by atoms with Crippen molar-refractivity contribution in [2.45, 2.75) is 39.5 Å². The highest BCUT2D eigenvalue weighted by Gasteiger charge is 2.04. The second-order valence-corrected chi connectivity index (χ2v) is 7.57. The molecule has 2 N–H and O–H groups in total. The number of hydrogen-bond donors (Lipinski definition) is 2. The number of hydrogen-bond acceptors (Lipinski definition) is 2. The number of amides is 2. The molecule has 0 aromatic heterocycles. The van der Waals surface area contributed by atoms with Crippen molar-refractivity contribution in [2.24, 2.45) is 0 Å². The van der Waals surface area contributed by atoms with Gasteiger partial charge in [-0.1, -0.05) is 87.4 Å². The van der Waals surface area contributed by atoms with Crippen molar-refractivity contribution in [3.63, 3.8) is 0 Å². The lowest BCUT2D eigenvalue weighted by atomic mass is 10.1. The van der Waals surface area contributed by atoms with E-state index in [2.05, 4.69) is 24.5 Å². The number of benzene rings is 2. The van der Waals surface area contributed by atoms with Crippen molar-refractivity contribution in [3.8, 4) is 0 Å². The molecule has 0 unspecified atom stereocenters. The predicted molar refractivity (Wildman–Crippen MR) is 135 cm³/mol. The molecule has 4 nitrogen and oxygen atoms in total. The molecule has 2 amide bonds. The van der Waals surface area contributed by atoms with Gasteiger partial charge in [0.25, 0.3) is 11.8 Å². The zero-order chi connectivity index (χ0) is 23.0. The van der Waals surface area contributed by atoms with Gasteiger partial charge in [-0.2, -0.15) is 0 Å². The summed E-state index contributed by atoms with van der Waals surface area (Å²) in [5, 5.41) is 5.84. The molecule has 0 radical (unpaired) electrons. The van der Waals surface area contributed by atoms with Crippen molar-refractivity contribution in [1.82, 2.24) is 10.6 Å². The molecule has 2 aromatic rings. The average Bonchev–Trinajstić information content (AvgIpc) is 2.82. The molecule has 0 aliphatic carbocycles. The van der Waals surface area contributed by atoms with Crippen LogP contribution in [0, 0.1) is 0 Å². The van der Waals surface area contributed by atoms with Gasteiger partial charge < -0.3 is 10.6 Å². The van der Waals surface area contributed by atoms with Crippen molar-refractivity contribution in [2.75, 3.05) is 13.1 Å². The van der Waals surface area contributed by atoms with Gasteiger partial charge in [-0.25, -0.2) is 0 Å². The maximum atomic E-state index is 12.0. The van der Waals surface area contributed by atoms with Crippen LogP contribution < -0.4 is 10.6 Å². The van der Waals surface area contributed by atoms with E-state index in [-0.39, 0.29) is 11.8 Å². The molecule has 0 fully saturated rings. The topological polar surface area (TPSA) is 58.2 Å². The van der Waals surface area contributed by atoms with Gasteiger partial charge in [0, 0.05) is 24.2 Å². The van der Waals surface area contributed by atoms with E-state index in [9.17, 15) is 9.59 Å². The fraction of sp³-hybridized carbons (Fsp3) is 0.286. The van der Waals surface area contributed by atoms with E-state index < -0.39 is 0 Å². The Bertz CT molecular complexity index is 845. The van der Waals surface area contributed by atoms with Crippen LogP contribution in [-0.4, -0.2) is 24.9 Å². The standard InChI is InChI=1S/C28H34N2O2/c1-3-5-21-29-27(31)25-17-13-23(14-18-25)11-9-7-8-10-12-24-15-19-26(20-16-24)28(32)30-22-6-4-2/h7-20H,3-6,21-22H2,1-2H3,(H,29,31)(H,30,32)/b8-7+,11-9+,12-10+. The van der Waals surface area contributed by atoms with Gasteiger partial charge in [-0.3, -0.25) is 9.59 Å². The third-order valence-corrected chi connectivity index (χ3v) is 4.89. The normalized spacial score (nSPS) is 11.4. The molecule has 32 heavy (non-hydrogen) atoms. The molecular weight excluding hydrogens is 396 g/mol. The maximum Gasteiger partial charge on any atom is 0.251 e. The molecule has 0 heterocycles. The van der Waals surface area contributed by atoms with Crippen molar-refractivity contribution in [3.05, 3.63) is 95.1 Å². The highest BCUT2D eigenvalue weighted by atomic mass is 16.2. The minimum atomic E-state index is -0.0239. The minimum absolute atomic E-state index is 0.0239. The summed E-state index contributed by atoms with van der Waals surface area (Å²) in [6.07, 6.45) is 15.9. The summed E-state index contributed by atoms with van der Waals surface area (Å²) in [5.41, 5.74) is 3.44. The fourth-order valence-corrected chi connectivity index (χ4v) is 2.91. The van der Waals surface area contributed by atoms with Crippen LogP contribution >= 0.6 is 0 Å². The Morgan fingerprint density at radius 1 is 0.625 bits per heavy atom. The summed E-state index contributed by atoms with van der Waals surface area (Å²) in [6.45, 7) is 5.64. The summed E-state index contributed by atoms with van der Waals surface area (Å²) in [7, 11) is 0. The van der Waals surface area contributed by atoms with Crippen LogP contribution in [0.3, 0.4) is 0 Å². The number of carbonyl (C=O) groups excluding carboxylic acids is 2. The van der Waals surface area contributed by atoms with Gasteiger partial charge >= 0.3 is 0 Å². The molecule has 2 aromatic carbocycles. The number of unbranched alkanes of at least 4 members (excludes halogenated alkanes) is 2. The Balaban J connectivity index is 1.79. The van der Waals surface area contributed by atoms with E-state index in [4.69, 9.17) is 0 Å². The monoisotopic (exact) mass is 430 g/mol. The third kappa shape index (κ3) is 9.17. The summed E-state index contributed by atoms with van der Waals surface area (Å²) in [6, 6.07) is 15.1. The Labute approximate surface area is 192 Å². The maximum absolute atomic E-state index is 12.0. The molecule has 0 atom stereocenters. The number of allylic oxidation sites excluding steroid dienone is 4. The van der Waals surface area contributed by atoms with Gasteiger partial charge in [-0.15, -0.1) is 0 Å². The molecule has 0 bridgehead atoms. The van der Waals surface area contributed by atoms with Gasteiger partial charge in [0.05, 0.1) is 0 Å². The quantitative estimate of drug-likeness (QED) is 0.319. The zero-order valence-electron chi connectivity index (χ0n) is 19.1. The summed E-state index contributed by atoms with van der Waals surface area (Å²) < 4.78 is 0. The first-order valence-corrected chi connectivity index (χ1v) is 11.4. The number of nitrogens with one attached hydrogen (secondary N) is 2. The first kappa shape index (κ1) is 24.9. The van der Waals surface area contributed by atoms with Crippen LogP contribution in [0.15, 0.2) is 72.8 Å².